The fourth-order valence-electron chi connectivity index (χ4n) is 2.73. The first-order chi connectivity index (χ1) is 15.5. The van der Waals surface area contributed by atoms with E-state index < -0.39 is 28.0 Å². The Bertz CT molecular complexity index is 1180. The molecule has 11 heteroatoms. The third kappa shape index (κ3) is 6.62. The monoisotopic (exact) mass is 480 g/mol. The van der Waals surface area contributed by atoms with Crippen molar-refractivity contribution in [1.29, 1.82) is 0 Å². The minimum absolute atomic E-state index is 0.155. The Balaban J connectivity index is 1.54. The van der Waals surface area contributed by atoms with Crippen LogP contribution < -0.4 is 19.1 Å². The second-order valence-electron chi connectivity index (χ2n) is 6.69. The van der Waals surface area contributed by atoms with Gasteiger partial charge in [-0.3, -0.25) is 9.10 Å². The Morgan fingerprint density at radius 3 is 2.06 bits per heavy atom. The molecular formula is C22H19F3N2O5S. The molecule has 0 saturated carbocycles. The lowest BCUT2D eigenvalue weighted by atomic mass is 10.3. The number of carbonyl (C=O) groups is 1. The molecule has 0 bridgehead atoms. The van der Waals surface area contributed by atoms with Crippen molar-refractivity contribution in [3.05, 3.63) is 78.9 Å². The zero-order chi connectivity index (χ0) is 24.1. The number of ether oxygens (including phenoxy) is 2. The SMILES string of the molecule is CN(c1ccc(OCC(=O)Nc2ccc(OC(F)(F)F)cc2)cc1)S(=O)(=O)c1ccccc1. The number of hydrogen-bond donors (Lipinski definition) is 1. The third-order valence-corrected chi connectivity index (χ3v) is 6.14. The van der Waals surface area contributed by atoms with Crippen LogP contribution in [0, 0.1) is 0 Å². The van der Waals surface area contributed by atoms with Crippen LogP contribution in [0.1, 0.15) is 0 Å². The highest BCUT2D eigenvalue weighted by atomic mass is 32.2. The number of nitrogens with zero attached hydrogens (tertiary/aromatic N) is 1. The van der Waals surface area contributed by atoms with E-state index in [0.29, 0.717) is 11.4 Å². The summed E-state index contributed by atoms with van der Waals surface area (Å²) in [6.07, 6.45) is -4.80. The van der Waals surface area contributed by atoms with Crippen molar-refractivity contribution in [1.82, 2.24) is 0 Å². The summed E-state index contributed by atoms with van der Waals surface area (Å²) in [5.74, 6) is -0.614. The summed E-state index contributed by atoms with van der Waals surface area (Å²) >= 11 is 0. The summed E-state index contributed by atoms with van der Waals surface area (Å²) in [6, 6.07) is 18.8. The fraction of sp³-hybridized carbons (Fsp3) is 0.136. The number of benzene rings is 3. The number of alkyl halides is 3. The largest absolute Gasteiger partial charge is 0.573 e. The fourth-order valence-corrected chi connectivity index (χ4v) is 3.94. The van der Waals surface area contributed by atoms with Crippen molar-refractivity contribution in [3.63, 3.8) is 0 Å². The summed E-state index contributed by atoms with van der Waals surface area (Å²) in [4.78, 5) is 12.2. The summed E-state index contributed by atoms with van der Waals surface area (Å²) < 4.78 is 72.2. The van der Waals surface area contributed by atoms with E-state index in [-0.39, 0.29) is 17.2 Å². The van der Waals surface area contributed by atoms with Crippen LogP contribution in [0.25, 0.3) is 0 Å². The lowest BCUT2D eigenvalue weighted by Crippen LogP contribution is -2.26. The van der Waals surface area contributed by atoms with Gasteiger partial charge in [-0.2, -0.15) is 0 Å². The minimum Gasteiger partial charge on any atom is -0.484 e. The third-order valence-electron chi connectivity index (χ3n) is 4.34. The van der Waals surface area contributed by atoms with Crippen LogP contribution in [0.4, 0.5) is 24.5 Å². The molecule has 3 rings (SSSR count). The molecule has 7 nitrogen and oxygen atoms in total. The van der Waals surface area contributed by atoms with E-state index in [1.807, 2.05) is 0 Å². The van der Waals surface area contributed by atoms with Crippen LogP contribution in [-0.2, 0) is 14.8 Å². The van der Waals surface area contributed by atoms with Crippen molar-refractivity contribution < 1.29 is 35.9 Å². The highest BCUT2D eigenvalue weighted by Gasteiger charge is 2.31. The molecule has 0 radical (unpaired) electrons. The molecule has 3 aromatic rings. The Hall–Kier alpha value is -3.73. The molecule has 1 N–H and O–H groups in total. The number of carbonyl (C=O) groups excluding carboxylic acids is 1. The number of amides is 1. The first-order valence-corrected chi connectivity index (χ1v) is 10.9. The number of nitrogens with one attached hydrogen (secondary N) is 1. The highest BCUT2D eigenvalue weighted by molar-refractivity contribution is 7.92. The molecule has 0 heterocycles. The molecule has 0 aromatic heterocycles. The normalized spacial score (nSPS) is 11.5. The molecule has 0 aliphatic heterocycles. The van der Waals surface area contributed by atoms with Crippen LogP contribution in [-0.4, -0.2) is 34.3 Å². The molecule has 0 spiro atoms. The summed E-state index contributed by atoms with van der Waals surface area (Å²) in [6.45, 7) is -0.363. The van der Waals surface area contributed by atoms with Gasteiger partial charge in [-0.1, -0.05) is 18.2 Å². The van der Waals surface area contributed by atoms with Crippen molar-refractivity contribution in [2.75, 3.05) is 23.3 Å². The van der Waals surface area contributed by atoms with Crippen molar-refractivity contribution >= 4 is 27.3 Å². The second kappa shape index (κ2) is 9.82. The quantitative estimate of drug-likeness (QED) is 0.516. The van der Waals surface area contributed by atoms with Crippen molar-refractivity contribution in [2.24, 2.45) is 0 Å². The standard InChI is InChI=1S/C22H19F3N2O5S/c1-27(33(29,30)20-5-3-2-4-6-20)17-9-13-18(14-10-17)31-15-21(28)26-16-7-11-19(12-8-16)32-22(23,24)25/h2-14H,15H2,1H3,(H,26,28). The van der Waals surface area contributed by atoms with E-state index >= 15 is 0 Å². The van der Waals surface area contributed by atoms with Gasteiger partial charge >= 0.3 is 6.36 Å². The van der Waals surface area contributed by atoms with Crippen LogP contribution in [0.3, 0.4) is 0 Å². The molecule has 0 unspecified atom stereocenters. The van der Waals surface area contributed by atoms with Gasteiger partial charge in [-0.15, -0.1) is 13.2 Å². The topological polar surface area (TPSA) is 84.9 Å². The number of sulfonamides is 1. The zero-order valence-corrected chi connectivity index (χ0v) is 18.1. The lowest BCUT2D eigenvalue weighted by molar-refractivity contribution is -0.274. The Morgan fingerprint density at radius 1 is 0.909 bits per heavy atom. The molecule has 3 aromatic carbocycles. The van der Waals surface area contributed by atoms with E-state index in [0.717, 1.165) is 16.4 Å². The van der Waals surface area contributed by atoms with Crippen LogP contribution in [0.2, 0.25) is 0 Å². The predicted molar refractivity (Wildman–Crippen MR) is 116 cm³/mol. The molecule has 0 saturated heterocycles. The Morgan fingerprint density at radius 2 is 1.48 bits per heavy atom. The Labute approximate surface area is 188 Å². The zero-order valence-electron chi connectivity index (χ0n) is 17.2. The maximum absolute atomic E-state index is 12.7. The Kier molecular flexibility index (Phi) is 7.12. The van der Waals surface area contributed by atoms with Gasteiger partial charge in [-0.25, -0.2) is 8.42 Å². The molecule has 0 fully saturated rings. The molecular weight excluding hydrogens is 461 g/mol. The number of hydrogen-bond acceptors (Lipinski definition) is 5. The summed E-state index contributed by atoms with van der Waals surface area (Å²) in [7, 11) is -2.29. The van der Waals surface area contributed by atoms with Gasteiger partial charge in [0.25, 0.3) is 15.9 Å². The van der Waals surface area contributed by atoms with Crippen LogP contribution in [0.5, 0.6) is 11.5 Å². The average molecular weight is 480 g/mol. The lowest BCUT2D eigenvalue weighted by Gasteiger charge is -2.19. The van der Waals surface area contributed by atoms with E-state index in [1.54, 1.807) is 18.2 Å². The molecule has 174 valence electrons. The smallest absolute Gasteiger partial charge is 0.484 e. The van der Waals surface area contributed by atoms with Gasteiger partial charge in [0.2, 0.25) is 0 Å². The van der Waals surface area contributed by atoms with Gasteiger partial charge in [0.15, 0.2) is 6.61 Å². The molecule has 0 aliphatic carbocycles. The summed E-state index contributed by atoms with van der Waals surface area (Å²) in [5.41, 5.74) is 0.665. The molecule has 33 heavy (non-hydrogen) atoms. The maximum Gasteiger partial charge on any atom is 0.573 e. The van der Waals surface area contributed by atoms with E-state index in [4.69, 9.17) is 4.74 Å². The van der Waals surface area contributed by atoms with Gasteiger partial charge in [0, 0.05) is 12.7 Å². The van der Waals surface area contributed by atoms with Gasteiger partial charge in [0.1, 0.15) is 11.5 Å². The highest BCUT2D eigenvalue weighted by Crippen LogP contribution is 2.25. The second-order valence-corrected chi connectivity index (χ2v) is 8.66. The summed E-state index contributed by atoms with van der Waals surface area (Å²) in [5, 5.41) is 2.48. The first-order valence-electron chi connectivity index (χ1n) is 9.47. The van der Waals surface area contributed by atoms with E-state index in [2.05, 4.69) is 10.1 Å². The first kappa shape index (κ1) is 23.9. The molecule has 0 atom stereocenters. The number of halogens is 3. The molecule has 1 amide bonds. The van der Waals surface area contributed by atoms with Gasteiger partial charge in [0.05, 0.1) is 10.6 Å². The van der Waals surface area contributed by atoms with Crippen LogP contribution in [0.15, 0.2) is 83.8 Å². The number of anilines is 2. The molecule has 0 aliphatic rings. The average Bonchev–Trinajstić information content (AvgIpc) is 2.78. The maximum atomic E-state index is 12.7. The minimum atomic E-state index is -4.80. The number of rotatable bonds is 8. The van der Waals surface area contributed by atoms with Crippen LogP contribution >= 0.6 is 0 Å². The van der Waals surface area contributed by atoms with E-state index in [9.17, 15) is 26.4 Å². The van der Waals surface area contributed by atoms with Crippen molar-refractivity contribution in [3.8, 4) is 11.5 Å². The van der Waals surface area contributed by atoms with Crippen molar-refractivity contribution in [2.45, 2.75) is 11.3 Å². The van der Waals surface area contributed by atoms with Gasteiger partial charge in [-0.05, 0) is 60.7 Å². The predicted octanol–water partition coefficient (Wildman–Crippen LogP) is 4.43. The van der Waals surface area contributed by atoms with Gasteiger partial charge < -0.3 is 14.8 Å². The van der Waals surface area contributed by atoms with E-state index in [1.165, 1.54) is 55.6 Å².